The predicted octanol–water partition coefficient (Wildman–Crippen LogP) is 4.26. The van der Waals surface area contributed by atoms with E-state index in [1.807, 2.05) is 25.1 Å². The number of hydrogen-bond acceptors (Lipinski definition) is 6. The van der Waals surface area contributed by atoms with Gasteiger partial charge in [-0.3, -0.25) is 4.79 Å². The van der Waals surface area contributed by atoms with Gasteiger partial charge in [0.1, 0.15) is 5.84 Å². The van der Waals surface area contributed by atoms with E-state index in [0.717, 1.165) is 61.4 Å². The lowest BCUT2D eigenvalue weighted by Crippen LogP contribution is -2.35. The van der Waals surface area contributed by atoms with Crippen molar-refractivity contribution in [1.29, 1.82) is 0 Å². The van der Waals surface area contributed by atoms with Crippen LogP contribution in [-0.4, -0.2) is 80.2 Å². The Balaban J connectivity index is 1.69. The summed E-state index contributed by atoms with van der Waals surface area (Å²) in [5.74, 6) is 0.387. The fraction of sp³-hybridized carbons (Fsp3) is 0.467. The van der Waals surface area contributed by atoms with Crippen LogP contribution in [0.25, 0.3) is 17.2 Å². The van der Waals surface area contributed by atoms with E-state index in [-0.39, 0.29) is 12.5 Å². The molecule has 1 aliphatic rings. The second-order valence-corrected chi connectivity index (χ2v) is 9.81. The van der Waals surface area contributed by atoms with Crippen LogP contribution in [0.15, 0.2) is 53.0 Å². The third-order valence-corrected chi connectivity index (χ3v) is 6.35. The molecule has 0 atom stereocenters. The maximum absolute atomic E-state index is 13.2. The molecule has 0 radical (unpaired) electrons. The maximum Gasteiger partial charge on any atom is 0.250 e. The minimum absolute atomic E-state index is 0.0392. The van der Waals surface area contributed by atoms with Crippen LogP contribution in [-0.2, 0) is 16.0 Å². The highest BCUT2D eigenvalue weighted by atomic mass is 16.5. The molecule has 37 heavy (non-hydrogen) atoms. The molecular weight excluding hydrogens is 464 g/mol. The quantitative estimate of drug-likeness (QED) is 0.374. The van der Waals surface area contributed by atoms with Gasteiger partial charge in [0.15, 0.2) is 0 Å². The Hall–Kier alpha value is -3.00. The Labute approximate surface area is 221 Å². The normalized spacial score (nSPS) is 13.1. The summed E-state index contributed by atoms with van der Waals surface area (Å²) in [7, 11) is 4.15. The molecule has 1 amide bonds. The lowest BCUT2D eigenvalue weighted by molar-refractivity contribution is -0.127. The average Bonchev–Trinajstić information content (AvgIpc) is 3.05. The Kier molecular flexibility index (Phi) is 11.3. The number of hydrogen-bond donors (Lipinski definition) is 2. The molecule has 0 bridgehead atoms. The van der Waals surface area contributed by atoms with E-state index < -0.39 is 0 Å². The van der Waals surface area contributed by atoms with Crippen LogP contribution < -0.4 is 5.73 Å². The number of aliphatic hydroxyl groups is 1. The van der Waals surface area contributed by atoms with Gasteiger partial charge in [0.05, 0.1) is 12.3 Å². The molecule has 1 aliphatic heterocycles. The molecule has 7 nitrogen and oxygen atoms in total. The molecule has 2 aromatic rings. The molecule has 0 aromatic heterocycles. The maximum atomic E-state index is 13.2. The number of rotatable bonds is 14. The topological polar surface area (TPSA) is 91.4 Å². The van der Waals surface area contributed by atoms with E-state index in [1.165, 1.54) is 5.56 Å². The van der Waals surface area contributed by atoms with Crippen molar-refractivity contribution in [3.05, 3.63) is 59.2 Å². The molecule has 2 aromatic carbocycles. The van der Waals surface area contributed by atoms with E-state index in [1.54, 1.807) is 4.90 Å². The number of amides is 1. The standard InChI is InChI=1S/C30H42N4O3/c1-4-14-34(16-5-17-35)30(36)27-20-26-12-11-25(21-28(26)32-29(31)22-27)24-9-7-23(8-10-24)13-19-37-18-6-15-33(2)3/h7-12,20-21,35H,4-6,13-19,22H2,1-3H3,(H2,31,32). The Morgan fingerprint density at radius 1 is 1.03 bits per heavy atom. The Morgan fingerprint density at radius 2 is 1.78 bits per heavy atom. The molecule has 7 heteroatoms. The highest BCUT2D eigenvalue weighted by molar-refractivity contribution is 6.05. The Morgan fingerprint density at radius 3 is 2.49 bits per heavy atom. The second kappa shape index (κ2) is 14.7. The molecule has 3 N–H and O–H groups in total. The van der Waals surface area contributed by atoms with E-state index in [4.69, 9.17) is 10.5 Å². The monoisotopic (exact) mass is 506 g/mol. The van der Waals surface area contributed by atoms with E-state index >= 15 is 0 Å². The van der Waals surface area contributed by atoms with Gasteiger partial charge < -0.3 is 25.4 Å². The zero-order valence-corrected chi connectivity index (χ0v) is 22.6. The molecule has 1 heterocycles. The molecule has 3 rings (SSSR count). The van der Waals surface area contributed by atoms with Gasteiger partial charge in [-0.1, -0.05) is 43.3 Å². The zero-order chi connectivity index (χ0) is 26.6. The lowest BCUT2D eigenvalue weighted by atomic mass is 9.99. The average molecular weight is 507 g/mol. The third-order valence-electron chi connectivity index (χ3n) is 6.35. The Bertz CT molecular complexity index is 1080. The lowest BCUT2D eigenvalue weighted by Gasteiger charge is -2.23. The van der Waals surface area contributed by atoms with Crippen molar-refractivity contribution in [1.82, 2.24) is 9.80 Å². The highest BCUT2D eigenvalue weighted by Gasteiger charge is 2.21. The number of nitrogens with zero attached hydrogens (tertiary/aromatic N) is 3. The fourth-order valence-electron chi connectivity index (χ4n) is 4.40. The minimum atomic E-state index is -0.0392. The molecule has 0 aliphatic carbocycles. The molecule has 0 fully saturated rings. The summed E-state index contributed by atoms with van der Waals surface area (Å²) in [6.07, 6.45) is 5.58. The van der Waals surface area contributed by atoms with E-state index in [9.17, 15) is 9.90 Å². The van der Waals surface area contributed by atoms with Gasteiger partial charge in [0, 0.05) is 43.9 Å². The van der Waals surface area contributed by atoms with E-state index in [0.29, 0.717) is 37.3 Å². The summed E-state index contributed by atoms with van der Waals surface area (Å²) in [5.41, 5.74) is 11.9. The second-order valence-electron chi connectivity index (χ2n) is 9.81. The van der Waals surface area contributed by atoms with Gasteiger partial charge in [-0.15, -0.1) is 0 Å². The molecular formula is C30H42N4O3. The molecule has 0 unspecified atom stereocenters. The van der Waals surface area contributed by atoms with Gasteiger partial charge in [0.25, 0.3) is 0 Å². The number of aliphatic hydroxyl groups excluding tert-OH is 1. The number of nitrogens with two attached hydrogens (primary N) is 1. The van der Waals surface area contributed by atoms with Crippen LogP contribution in [0.5, 0.6) is 0 Å². The number of amidine groups is 1. The van der Waals surface area contributed by atoms with Crippen LogP contribution in [0, 0.1) is 0 Å². The highest BCUT2D eigenvalue weighted by Crippen LogP contribution is 2.32. The van der Waals surface area contributed by atoms with Crippen molar-refractivity contribution in [2.75, 3.05) is 53.6 Å². The van der Waals surface area contributed by atoms with Crippen molar-refractivity contribution in [3.63, 3.8) is 0 Å². The van der Waals surface area contributed by atoms with Gasteiger partial charge in [-0.25, -0.2) is 4.99 Å². The SMILES string of the molecule is CCCN(CCCO)C(=O)C1=Cc2ccc(-c3ccc(CCOCCCN(C)C)cc3)cc2N=C(N)C1. The number of benzene rings is 2. The van der Waals surface area contributed by atoms with Crippen LogP contribution in [0.2, 0.25) is 0 Å². The van der Waals surface area contributed by atoms with Gasteiger partial charge >= 0.3 is 0 Å². The van der Waals surface area contributed by atoms with Crippen LogP contribution in [0.4, 0.5) is 5.69 Å². The summed E-state index contributed by atoms with van der Waals surface area (Å²) in [6.45, 7) is 5.84. The van der Waals surface area contributed by atoms with Crippen molar-refractivity contribution >= 4 is 23.5 Å². The largest absolute Gasteiger partial charge is 0.396 e. The summed E-state index contributed by atoms with van der Waals surface area (Å²) >= 11 is 0. The third kappa shape index (κ3) is 8.81. The van der Waals surface area contributed by atoms with Gasteiger partial charge in [-0.05, 0) is 75.2 Å². The molecule has 200 valence electrons. The van der Waals surface area contributed by atoms with Crippen molar-refractivity contribution < 1.29 is 14.6 Å². The molecule has 0 saturated carbocycles. The van der Waals surface area contributed by atoms with Crippen molar-refractivity contribution in [2.45, 2.75) is 39.0 Å². The molecule has 0 spiro atoms. The molecule has 0 saturated heterocycles. The number of carbonyl (C=O) groups is 1. The van der Waals surface area contributed by atoms with Crippen LogP contribution in [0.1, 0.15) is 43.7 Å². The van der Waals surface area contributed by atoms with Gasteiger partial charge in [-0.2, -0.15) is 0 Å². The number of fused-ring (bicyclic) bond motifs is 1. The first-order chi connectivity index (χ1) is 17.9. The number of aliphatic imine (C=N–C) groups is 1. The first-order valence-corrected chi connectivity index (χ1v) is 13.3. The fourth-order valence-corrected chi connectivity index (χ4v) is 4.40. The van der Waals surface area contributed by atoms with E-state index in [2.05, 4.69) is 54.3 Å². The minimum Gasteiger partial charge on any atom is -0.396 e. The van der Waals surface area contributed by atoms with Crippen LogP contribution in [0.3, 0.4) is 0 Å². The number of carbonyl (C=O) groups excluding carboxylic acids is 1. The predicted molar refractivity (Wildman–Crippen MR) is 152 cm³/mol. The summed E-state index contributed by atoms with van der Waals surface area (Å²) in [6, 6.07) is 14.6. The summed E-state index contributed by atoms with van der Waals surface area (Å²) < 4.78 is 5.76. The van der Waals surface area contributed by atoms with Crippen molar-refractivity contribution in [3.8, 4) is 11.1 Å². The first-order valence-electron chi connectivity index (χ1n) is 13.3. The summed E-state index contributed by atoms with van der Waals surface area (Å²) in [5, 5.41) is 9.21. The zero-order valence-electron chi connectivity index (χ0n) is 22.6. The smallest absolute Gasteiger partial charge is 0.250 e. The van der Waals surface area contributed by atoms with Crippen molar-refractivity contribution in [2.24, 2.45) is 10.7 Å². The summed E-state index contributed by atoms with van der Waals surface area (Å²) in [4.78, 5) is 21.8. The van der Waals surface area contributed by atoms with Gasteiger partial charge in [0.2, 0.25) is 5.91 Å². The first kappa shape index (κ1) is 28.6. The number of ether oxygens (including phenoxy) is 1. The van der Waals surface area contributed by atoms with Crippen LogP contribution >= 0.6 is 0 Å².